The fourth-order valence-electron chi connectivity index (χ4n) is 2.95. The van der Waals surface area contributed by atoms with Gasteiger partial charge in [-0.3, -0.25) is 4.99 Å². The average Bonchev–Trinajstić information content (AvgIpc) is 3.21. The Morgan fingerprint density at radius 3 is 2.69 bits per heavy atom. The number of anilines is 1. The molecule has 0 unspecified atom stereocenters. The fraction of sp³-hybridized carbons (Fsp3) is 0.421. The molecule has 140 valence electrons. The van der Waals surface area contributed by atoms with Crippen molar-refractivity contribution in [2.45, 2.75) is 18.9 Å². The fourth-order valence-corrected chi connectivity index (χ4v) is 4.00. The highest BCUT2D eigenvalue weighted by Crippen LogP contribution is 2.24. The van der Waals surface area contributed by atoms with E-state index < -0.39 is 0 Å². The van der Waals surface area contributed by atoms with Gasteiger partial charge in [0.15, 0.2) is 5.96 Å². The molecule has 5 nitrogen and oxygen atoms in total. The Labute approximate surface area is 167 Å². The molecule has 1 saturated heterocycles. The van der Waals surface area contributed by atoms with Crippen LogP contribution in [-0.2, 0) is 0 Å². The van der Waals surface area contributed by atoms with Gasteiger partial charge in [0.25, 0.3) is 0 Å². The van der Waals surface area contributed by atoms with E-state index in [0.29, 0.717) is 19.2 Å². The maximum atomic E-state index is 5.73. The third-order valence-corrected chi connectivity index (χ3v) is 5.81. The molecule has 0 aliphatic carbocycles. The van der Waals surface area contributed by atoms with E-state index in [1.165, 1.54) is 5.00 Å². The summed E-state index contributed by atoms with van der Waals surface area (Å²) >= 11 is 5.24. The molecule has 1 aromatic carbocycles. The number of hydrogen-bond donors (Lipinski definition) is 2. The molecule has 2 aromatic rings. The smallest absolute Gasteiger partial charge is 0.191 e. The molecule has 1 aliphatic heterocycles. The predicted octanol–water partition coefficient (Wildman–Crippen LogP) is 3.72. The van der Waals surface area contributed by atoms with Crippen LogP contribution in [0, 0.1) is 0 Å². The van der Waals surface area contributed by atoms with Gasteiger partial charge in [-0.1, -0.05) is 15.9 Å². The topological polar surface area (TPSA) is 48.9 Å². The number of rotatable bonds is 6. The Bertz CT molecular complexity index is 682. The zero-order valence-electron chi connectivity index (χ0n) is 15.0. The Balaban J connectivity index is 1.35. The van der Waals surface area contributed by atoms with Crippen LogP contribution in [0.3, 0.4) is 0 Å². The second-order valence-electron chi connectivity index (χ2n) is 6.16. The highest BCUT2D eigenvalue weighted by molar-refractivity contribution is 9.10. The maximum absolute atomic E-state index is 5.73. The predicted molar refractivity (Wildman–Crippen MR) is 114 cm³/mol. The zero-order valence-corrected chi connectivity index (χ0v) is 17.4. The number of thiophene rings is 1. The van der Waals surface area contributed by atoms with Gasteiger partial charge in [0.1, 0.15) is 12.4 Å². The Morgan fingerprint density at radius 2 is 2.04 bits per heavy atom. The molecular formula is C19H25BrN4OS. The van der Waals surface area contributed by atoms with Crippen LogP contribution in [-0.4, -0.2) is 45.3 Å². The quantitative estimate of drug-likeness (QED) is 0.411. The first-order valence-electron chi connectivity index (χ1n) is 8.88. The van der Waals surface area contributed by atoms with Crippen LogP contribution < -0.4 is 20.3 Å². The minimum atomic E-state index is 0.463. The van der Waals surface area contributed by atoms with Gasteiger partial charge in [0.2, 0.25) is 0 Å². The molecule has 2 heterocycles. The number of nitrogens with one attached hydrogen (secondary N) is 2. The Kier molecular flexibility index (Phi) is 7.20. The van der Waals surface area contributed by atoms with Crippen molar-refractivity contribution < 1.29 is 4.74 Å². The van der Waals surface area contributed by atoms with Crippen LogP contribution in [0.1, 0.15) is 12.8 Å². The minimum absolute atomic E-state index is 0.463. The summed E-state index contributed by atoms with van der Waals surface area (Å²) in [4.78, 5) is 6.79. The van der Waals surface area contributed by atoms with Crippen molar-refractivity contribution in [1.29, 1.82) is 0 Å². The molecule has 0 bridgehead atoms. The average molecular weight is 437 g/mol. The van der Waals surface area contributed by atoms with Gasteiger partial charge in [-0.2, -0.15) is 0 Å². The van der Waals surface area contributed by atoms with Crippen LogP contribution >= 0.6 is 27.3 Å². The number of ether oxygens (including phenoxy) is 1. The SMILES string of the molecule is CN=C(NCCOc1ccc(Br)cc1)NC1CCN(c2cccs2)CC1. The molecule has 0 atom stereocenters. The highest BCUT2D eigenvalue weighted by Gasteiger charge is 2.20. The van der Waals surface area contributed by atoms with Gasteiger partial charge >= 0.3 is 0 Å². The molecule has 0 amide bonds. The van der Waals surface area contributed by atoms with Crippen molar-refractivity contribution >= 4 is 38.2 Å². The molecular weight excluding hydrogens is 412 g/mol. The van der Waals surface area contributed by atoms with Gasteiger partial charge in [-0.05, 0) is 54.6 Å². The van der Waals surface area contributed by atoms with Crippen molar-refractivity contribution in [1.82, 2.24) is 10.6 Å². The van der Waals surface area contributed by atoms with Crippen molar-refractivity contribution in [3.05, 3.63) is 46.3 Å². The monoisotopic (exact) mass is 436 g/mol. The standard InChI is InChI=1S/C19H25BrN4OS/c1-21-19(22-10-13-25-17-6-4-15(20)5-7-17)23-16-8-11-24(12-9-16)18-3-2-14-26-18/h2-7,14,16H,8-13H2,1H3,(H2,21,22,23). The van der Waals surface area contributed by atoms with Crippen LogP contribution in [0.25, 0.3) is 0 Å². The number of hydrogen-bond acceptors (Lipinski definition) is 4. The highest BCUT2D eigenvalue weighted by atomic mass is 79.9. The van der Waals surface area contributed by atoms with Crippen LogP contribution in [0.15, 0.2) is 51.2 Å². The van der Waals surface area contributed by atoms with Crippen molar-refractivity contribution in [2.24, 2.45) is 4.99 Å². The molecule has 0 radical (unpaired) electrons. The van der Waals surface area contributed by atoms with E-state index in [9.17, 15) is 0 Å². The van der Waals surface area contributed by atoms with E-state index in [1.807, 2.05) is 42.6 Å². The van der Waals surface area contributed by atoms with Crippen LogP contribution in [0.4, 0.5) is 5.00 Å². The molecule has 3 rings (SSSR count). The van der Waals surface area contributed by atoms with Crippen molar-refractivity contribution in [3.8, 4) is 5.75 Å². The van der Waals surface area contributed by atoms with Gasteiger partial charge in [-0.15, -0.1) is 11.3 Å². The van der Waals surface area contributed by atoms with E-state index in [-0.39, 0.29) is 0 Å². The summed E-state index contributed by atoms with van der Waals surface area (Å²) in [5.41, 5.74) is 0. The molecule has 1 aliphatic rings. The lowest BCUT2D eigenvalue weighted by Crippen LogP contribution is -2.49. The molecule has 26 heavy (non-hydrogen) atoms. The van der Waals surface area contributed by atoms with Gasteiger partial charge in [0, 0.05) is 30.7 Å². The molecule has 2 N–H and O–H groups in total. The summed E-state index contributed by atoms with van der Waals surface area (Å²) in [5.74, 6) is 1.72. The Hall–Kier alpha value is -1.73. The first-order chi connectivity index (χ1) is 12.7. The third-order valence-electron chi connectivity index (χ3n) is 4.35. The van der Waals surface area contributed by atoms with Crippen LogP contribution in [0.2, 0.25) is 0 Å². The van der Waals surface area contributed by atoms with Gasteiger partial charge in [-0.25, -0.2) is 0 Å². The van der Waals surface area contributed by atoms with Crippen molar-refractivity contribution in [2.75, 3.05) is 38.2 Å². The largest absolute Gasteiger partial charge is 0.492 e. The number of piperidine rings is 1. The Morgan fingerprint density at radius 1 is 1.27 bits per heavy atom. The second kappa shape index (κ2) is 9.83. The summed E-state index contributed by atoms with van der Waals surface area (Å²) in [5, 5.41) is 10.4. The van der Waals surface area contributed by atoms with Gasteiger partial charge < -0.3 is 20.3 Å². The minimum Gasteiger partial charge on any atom is -0.492 e. The number of guanidine groups is 1. The lowest BCUT2D eigenvalue weighted by Gasteiger charge is -2.33. The number of halogens is 1. The molecule has 0 saturated carbocycles. The molecule has 1 fully saturated rings. The summed E-state index contributed by atoms with van der Waals surface area (Å²) in [6.45, 7) is 3.48. The summed E-state index contributed by atoms with van der Waals surface area (Å²) in [7, 11) is 1.81. The summed E-state index contributed by atoms with van der Waals surface area (Å²) in [6.07, 6.45) is 2.24. The van der Waals surface area contributed by atoms with Crippen LogP contribution in [0.5, 0.6) is 5.75 Å². The first-order valence-corrected chi connectivity index (χ1v) is 10.6. The molecule has 1 aromatic heterocycles. The van der Waals surface area contributed by atoms with E-state index in [1.54, 1.807) is 0 Å². The lowest BCUT2D eigenvalue weighted by molar-refractivity contribution is 0.321. The first kappa shape index (κ1) is 19.0. The third kappa shape index (κ3) is 5.64. The zero-order chi connectivity index (χ0) is 18.2. The number of nitrogens with zero attached hydrogens (tertiary/aromatic N) is 2. The van der Waals surface area contributed by atoms with E-state index in [2.05, 4.69) is 54.0 Å². The molecule has 7 heteroatoms. The maximum Gasteiger partial charge on any atom is 0.191 e. The van der Waals surface area contributed by atoms with E-state index in [4.69, 9.17) is 4.74 Å². The normalized spacial score (nSPS) is 15.8. The van der Waals surface area contributed by atoms with E-state index in [0.717, 1.165) is 42.1 Å². The van der Waals surface area contributed by atoms with Gasteiger partial charge in [0.05, 0.1) is 11.5 Å². The second-order valence-corrected chi connectivity index (χ2v) is 8.00. The summed E-state index contributed by atoms with van der Waals surface area (Å²) in [6, 6.07) is 12.6. The lowest BCUT2D eigenvalue weighted by atomic mass is 10.1. The molecule has 0 spiro atoms. The number of benzene rings is 1. The summed E-state index contributed by atoms with van der Waals surface area (Å²) < 4.78 is 6.78. The van der Waals surface area contributed by atoms with E-state index >= 15 is 0 Å². The number of aliphatic imine (C=N–C) groups is 1. The van der Waals surface area contributed by atoms with Crippen molar-refractivity contribution in [3.63, 3.8) is 0 Å².